The van der Waals surface area contributed by atoms with Crippen LogP contribution in [0.15, 0.2) is 0 Å². The van der Waals surface area contributed by atoms with Gasteiger partial charge in [-0.25, -0.2) is 0 Å². The second kappa shape index (κ2) is 6.38. The van der Waals surface area contributed by atoms with Crippen molar-refractivity contribution >= 4 is 5.91 Å². The molecule has 4 nitrogen and oxygen atoms in total. The van der Waals surface area contributed by atoms with Crippen LogP contribution in [-0.4, -0.2) is 66.8 Å². The number of aliphatic hydroxyl groups excluding tert-OH is 1. The maximum atomic E-state index is 12.1. The zero-order valence-corrected chi connectivity index (χ0v) is 10.4. The van der Waals surface area contributed by atoms with Crippen LogP contribution in [0.4, 0.5) is 13.2 Å². The summed E-state index contributed by atoms with van der Waals surface area (Å²) in [5.41, 5.74) is 0. The van der Waals surface area contributed by atoms with Gasteiger partial charge in [0.25, 0.3) is 0 Å². The van der Waals surface area contributed by atoms with Crippen molar-refractivity contribution in [2.45, 2.75) is 19.0 Å². The number of alkyl halides is 3. The van der Waals surface area contributed by atoms with Crippen molar-refractivity contribution < 1.29 is 23.1 Å². The van der Waals surface area contributed by atoms with Crippen molar-refractivity contribution in [2.24, 2.45) is 5.92 Å². The van der Waals surface area contributed by atoms with Gasteiger partial charge in [0.15, 0.2) is 0 Å². The Morgan fingerprint density at radius 2 is 1.94 bits per heavy atom. The highest BCUT2D eigenvalue weighted by atomic mass is 19.4. The Balaban J connectivity index is 2.32. The number of hydrogen-bond donors (Lipinski definition) is 1. The van der Waals surface area contributed by atoms with Gasteiger partial charge in [-0.2, -0.15) is 13.2 Å². The summed E-state index contributed by atoms with van der Waals surface area (Å²) in [6, 6.07) is 0. The molecule has 0 aromatic heterocycles. The number of likely N-dealkylation sites (tertiary alicyclic amines) is 1. The van der Waals surface area contributed by atoms with Crippen LogP contribution in [0.1, 0.15) is 12.8 Å². The Kier molecular flexibility index (Phi) is 5.40. The number of rotatable bonds is 4. The minimum absolute atomic E-state index is 0.0186. The van der Waals surface area contributed by atoms with Gasteiger partial charge in [-0.1, -0.05) is 0 Å². The van der Waals surface area contributed by atoms with E-state index in [2.05, 4.69) is 0 Å². The molecule has 1 rings (SSSR count). The highest BCUT2D eigenvalue weighted by Gasteiger charge is 2.31. The normalized spacial score (nSPS) is 18.9. The topological polar surface area (TPSA) is 43.8 Å². The lowest BCUT2D eigenvalue weighted by Crippen LogP contribution is -2.44. The molecule has 0 unspecified atom stereocenters. The van der Waals surface area contributed by atoms with Crippen molar-refractivity contribution in [3.63, 3.8) is 0 Å². The summed E-state index contributed by atoms with van der Waals surface area (Å²) in [4.78, 5) is 14.1. The molecule has 106 valence electrons. The van der Waals surface area contributed by atoms with Gasteiger partial charge in [-0.15, -0.1) is 0 Å². The van der Waals surface area contributed by atoms with E-state index in [1.807, 2.05) is 4.90 Å². The summed E-state index contributed by atoms with van der Waals surface area (Å²) in [6.45, 7) is 0.243. The first kappa shape index (κ1) is 15.2. The summed E-state index contributed by atoms with van der Waals surface area (Å²) < 4.78 is 36.3. The Morgan fingerprint density at radius 3 is 2.39 bits per heavy atom. The van der Waals surface area contributed by atoms with E-state index in [9.17, 15) is 18.0 Å². The Hall–Kier alpha value is -0.820. The molecule has 1 aliphatic rings. The maximum absolute atomic E-state index is 12.1. The van der Waals surface area contributed by atoms with E-state index < -0.39 is 18.6 Å². The molecule has 1 saturated heterocycles. The molecule has 0 saturated carbocycles. The second-order valence-electron chi connectivity index (χ2n) is 4.77. The van der Waals surface area contributed by atoms with Gasteiger partial charge in [0, 0.05) is 13.7 Å². The summed E-state index contributed by atoms with van der Waals surface area (Å²) in [6.07, 6.45) is -2.78. The molecule has 0 bridgehead atoms. The van der Waals surface area contributed by atoms with Gasteiger partial charge in [0.2, 0.25) is 5.91 Å². The van der Waals surface area contributed by atoms with Crippen LogP contribution in [0.25, 0.3) is 0 Å². The number of carbonyl (C=O) groups excluding carboxylic acids is 1. The van der Waals surface area contributed by atoms with E-state index in [4.69, 9.17) is 5.11 Å². The molecule has 18 heavy (non-hydrogen) atoms. The first-order valence-electron chi connectivity index (χ1n) is 5.95. The fourth-order valence-electron chi connectivity index (χ4n) is 2.00. The number of amides is 1. The number of piperidine rings is 1. The molecule has 1 amide bonds. The molecule has 0 atom stereocenters. The van der Waals surface area contributed by atoms with E-state index in [0.717, 1.165) is 19.9 Å². The Labute approximate surface area is 104 Å². The lowest BCUT2D eigenvalue weighted by molar-refractivity contribution is -0.159. The third-order valence-corrected chi connectivity index (χ3v) is 3.17. The van der Waals surface area contributed by atoms with E-state index >= 15 is 0 Å². The Morgan fingerprint density at radius 1 is 1.39 bits per heavy atom. The molecule has 0 spiro atoms. The van der Waals surface area contributed by atoms with Gasteiger partial charge in [-0.3, -0.25) is 9.69 Å². The molecule has 0 radical (unpaired) electrons. The second-order valence-corrected chi connectivity index (χ2v) is 4.77. The SMILES string of the molecule is CN(CC(F)(F)F)C(=O)CN1CCC(CO)CC1. The van der Waals surface area contributed by atoms with Crippen molar-refractivity contribution in [3.05, 3.63) is 0 Å². The minimum Gasteiger partial charge on any atom is -0.396 e. The summed E-state index contributed by atoms with van der Waals surface area (Å²) >= 11 is 0. The molecular weight excluding hydrogens is 249 g/mol. The average molecular weight is 268 g/mol. The lowest BCUT2D eigenvalue weighted by Gasteiger charge is -2.31. The summed E-state index contributed by atoms with van der Waals surface area (Å²) in [5.74, 6) is -0.265. The van der Waals surface area contributed by atoms with E-state index in [1.165, 1.54) is 0 Å². The smallest absolute Gasteiger partial charge is 0.396 e. The quantitative estimate of drug-likeness (QED) is 0.816. The highest BCUT2D eigenvalue weighted by molar-refractivity contribution is 5.78. The van der Waals surface area contributed by atoms with Gasteiger partial charge in [-0.05, 0) is 31.8 Å². The van der Waals surface area contributed by atoms with Crippen LogP contribution >= 0.6 is 0 Å². The molecule has 1 N–H and O–H groups in total. The highest BCUT2D eigenvalue weighted by Crippen LogP contribution is 2.18. The van der Waals surface area contributed by atoms with Gasteiger partial charge in [0.1, 0.15) is 6.54 Å². The number of halogens is 3. The van der Waals surface area contributed by atoms with Crippen LogP contribution in [0.5, 0.6) is 0 Å². The van der Waals surface area contributed by atoms with Crippen molar-refractivity contribution in [1.29, 1.82) is 0 Å². The summed E-state index contributed by atoms with van der Waals surface area (Å²) in [5, 5.41) is 8.96. The predicted octanol–water partition coefficient (Wildman–Crippen LogP) is 0.711. The predicted molar refractivity (Wildman–Crippen MR) is 59.9 cm³/mol. The van der Waals surface area contributed by atoms with E-state index in [0.29, 0.717) is 18.0 Å². The van der Waals surface area contributed by atoms with Crippen LogP contribution in [0.2, 0.25) is 0 Å². The molecule has 0 aromatic carbocycles. The first-order chi connectivity index (χ1) is 8.31. The third-order valence-electron chi connectivity index (χ3n) is 3.17. The number of likely N-dealkylation sites (N-methyl/N-ethyl adjacent to an activating group) is 1. The molecule has 1 heterocycles. The number of nitrogens with zero attached hydrogens (tertiary/aromatic N) is 2. The van der Waals surface area contributed by atoms with Gasteiger partial charge >= 0.3 is 6.18 Å². The molecule has 1 aliphatic heterocycles. The Bertz CT molecular complexity index is 276. The van der Waals surface area contributed by atoms with Gasteiger partial charge < -0.3 is 10.0 Å². The van der Waals surface area contributed by atoms with Crippen LogP contribution in [0.3, 0.4) is 0 Å². The lowest BCUT2D eigenvalue weighted by atomic mass is 9.98. The van der Waals surface area contributed by atoms with Crippen molar-refractivity contribution in [3.8, 4) is 0 Å². The average Bonchev–Trinajstić information content (AvgIpc) is 2.27. The number of carbonyl (C=O) groups is 1. The van der Waals surface area contributed by atoms with Crippen LogP contribution in [0, 0.1) is 5.92 Å². The molecular formula is C11H19F3N2O2. The largest absolute Gasteiger partial charge is 0.406 e. The molecule has 0 aliphatic carbocycles. The number of hydrogen-bond acceptors (Lipinski definition) is 3. The fourth-order valence-corrected chi connectivity index (χ4v) is 2.00. The monoisotopic (exact) mass is 268 g/mol. The van der Waals surface area contributed by atoms with Gasteiger partial charge in [0.05, 0.1) is 6.54 Å². The molecule has 7 heteroatoms. The van der Waals surface area contributed by atoms with Crippen LogP contribution in [-0.2, 0) is 4.79 Å². The minimum atomic E-state index is -4.35. The number of aliphatic hydroxyl groups is 1. The van der Waals surface area contributed by atoms with E-state index in [-0.39, 0.29) is 19.1 Å². The van der Waals surface area contributed by atoms with Crippen molar-refractivity contribution in [1.82, 2.24) is 9.80 Å². The van der Waals surface area contributed by atoms with Crippen molar-refractivity contribution in [2.75, 3.05) is 39.8 Å². The van der Waals surface area contributed by atoms with Crippen LogP contribution < -0.4 is 0 Å². The standard InChI is InChI=1S/C11H19F3N2O2/c1-15(8-11(12,13)14)10(18)6-16-4-2-9(7-17)3-5-16/h9,17H,2-8H2,1H3. The zero-order valence-electron chi connectivity index (χ0n) is 10.4. The molecule has 0 aromatic rings. The zero-order chi connectivity index (χ0) is 13.8. The van der Waals surface area contributed by atoms with E-state index in [1.54, 1.807) is 0 Å². The summed E-state index contributed by atoms with van der Waals surface area (Å²) in [7, 11) is 1.16. The molecule has 1 fully saturated rings. The maximum Gasteiger partial charge on any atom is 0.406 e. The first-order valence-corrected chi connectivity index (χ1v) is 5.95. The fraction of sp³-hybridized carbons (Fsp3) is 0.909. The third kappa shape index (κ3) is 5.22.